The van der Waals surface area contributed by atoms with Crippen molar-refractivity contribution in [2.75, 3.05) is 26.8 Å². The third-order valence-corrected chi connectivity index (χ3v) is 3.21. The van der Waals surface area contributed by atoms with E-state index in [1.165, 1.54) is 16.5 Å². The lowest BCUT2D eigenvalue weighted by molar-refractivity contribution is 0.198. The van der Waals surface area contributed by atoms with E-state index in [0.717, 1.165) is 26.2 Å². The maximum Gasteiger partial charge on any atom is 0.0587 e. The summed E-state index contributed by atoms with van der Waals surface area (Å²) in [4.78, 5) is 3.21. The highest BCUT2D eigenvalue weighted by molar-refractivity contribution is 5.79. The molecule has 0 saturated carbocycles. The summed E-state index contributed by atoms with van der Waals surface area (Å²) in [6.45, 7) is 5.70. The molecular formula is C15H23N3O. The van der Waals surface area contributed by atoms with Gasteiger partial charge >= 0.3 is 0 Å². The Labute approximate surface area is 114 Å². The molecule has 3 N–H and O–H groups in total. The summed E-state index contributed by atoms with van der Waals surface area (Å²) in [5.41, 5.74) is 2.51. The van der Waals surface area contributed by atoms with E-state index in [9.17, 15) is 0 Å². The molecule has 4 heteroatoms. The van der Waals surface area contributed by atoms with Crippen molar-refractivity contribution < 1.29 is 4.74 Å². The molecule has 1 unspecified atom stereocenters. The van der Waals surface area contributed by atoms with Crippen molar-refractivity contribution in [3.05, 3.63) is 36.0 Å². The van der Waals surface area contributed by atoms with E-state index >= 15 is 0 Å². The van der Waals surface area contributed by atoms with Crippen molar-refractivity contribution >= 4 is 10.9 Å². The minimum Gasteiger partial charge on any atom is -0.383 e. The maximum atomic E-state index is 5.00. The lowest BCUT2D eigenvalue weighted by Crippen LogP contribution is -2.37. The van der Waals surface area contributed by atoms with Crippen molar-refractivity contribution in [2.45, 2.75) is 19.5 Å². The minimum atomic E-state index is 0.443. The average Bonchev–Trinajstić information content (AvgIpc) is 2.89. The van der Waals surface area contributed by atoms with Crippen molar-refractivity contribution in [3.63, 3.8) is 0 Å². The Morgan fingerprint density at radius 2 is 2.21 bits per heavy atom. The van der Waals surface area contributed by atoms with Crippen LogP contribution in [0.25, 0.3) is 10.9 Å². The number of aromatic nitrogens is 1. The first-order valence-corrected chi connectivity index (χ1v) is 6.78. The summed E-state index contributed by atoms with van der Waals surface area (Å²) in [5.74, 6) is 0. The van der Waals surface area contributed by atoms with Crippen LogP contribution in [0.4, 0.5) is 0 Å². The number of rotatable bonds is 8. The number of hydrogen-bond acceptors (Lipinski definition) is 3. The second kappa shape index (κ2) is 7.28. The summed E-state index contributed by atoms with van der Waals surface area (Å²) in [6, 6.07) is 9.07. The van der Waals surface area contributed by atoms with Crippen LogP contribution in [-0.2, 0) is 11.3 Å². The van der Waals surface area contributed by atoms with Gasteiger partial charge in [0.2, 0.25) is 0 Å². The molecule has 1 aromatic heterocycles. The molecule has 0 spiro atoms. The number of fused-ring (bicyclic) bond motifs is 1. The van der Waals surface area contributed by atoms with E-state index in [-0.39, 0.29) is 0 Å². The predicted octanol–water partition coefficient (Wildman–Crippen LogP) is 1.88. The SMILES string of the molecule is COCCNCC(C)NCc1ccc2[nH]ccc2c1. The van der Waals surface area contributed by atoms with Gasteiger partial charge in [-0.1, -0.05) is 6.07 Å². The first-order valence-electron chi connectivity index (χ1n) is 6.78. The zero-order chi connectivity index (χ0) is 13.5. The van der Waals surface area contributed by atoms with Crippen LogP contribution in [0, 0.1) is 0 Å². The van der Waals surface area contributed by atoms with Gasteiger partial charge in [-0.25, -0.2) is 0 Å². The highest BCUT2D eigenvalue weighted by atomic mass is 16.5. The Kier molecular flexibility index (Phi) is 5.39. The normalized spacial score (nSPS) is 12.9. The van der Waals surface area contributed by atoms with Gasteiger partial charge in [0.05, 0.1) is 6.61 Å². The average molecular weight is 261 g/mol. The Bertz CT molecular complexity index is 495. The van der Waals surface area contributed by atoms with E-state index in [1.54, 1.807) is 7.11 Å². The number of ether oxygens (including phenoxy) is 1. The van der Waals surface area contributed by atoms with Gasteiger partial charge in [-0.2, -0.15) is 0 Å². The summed E-state index contributed by atoms with van der Waals surface area (Å²) < 4.78 is 5.00. The van der Waals surface area contributed by atoms with Crippen LogP contribution in [0.5, 0.6) is 0 Å². The van der Waals surface area contributed by atoms with Gasteiger partial charge < -0.3 is 20.4 Å². The third kappa shape index (κ3) is 4.35. The molecule has 0 radical (unpaired) electrons. The number of methoxy groups -OCH3 is 1. The predicted molar refractivity (Wildman–Crippen MR) is 79.3 cm³/mol. The van der Waals surface area contributed by atoms with Crippen molar-refractivity contribution in [1.82, 2.24) is 15.6 Å². The van der Waals surface area contributed by atoms with Gasteiger partial charge in [0, 0.05) is 44.5 Å². The molecule has 1 aromatic carbocycles. The molecule has 0 aliphatic carbocycles. The molecule has 0 fully saturated rings. The molecule has 0 amide bonds. The molecule has 4 nitrogen and oxygen atoms in total. The van der Waals surface area contributed by atoms with Gasteiger partial charge in [-0.3, -0.25) is 0 Å². The van der Waals surface area contributed by atoms with E-state index < -0.39 is 0 Å². The highest BCUT2D eigenvalue weighted by Gasteiger charge is 2.02. The second-order valence-corrected chi connectivity index (χ2v) is 4.88. The molecule has 1 atom stereocenters. The fraction of sp³-hybridized carbons (Fsp3) is 0.467. The number of benzene rings is 1. The standard InChI is InChI=1S/C15H23N3O/c1-12(10-16-7-8-19-2)18-11-13-3-4-15-14(9-13)5-6-17-15/h3-6,9,12,16-18H,7-8,10-11H2,1-2H3. The Morgan fingerprint density at radius 3 is 3.05 bits per heavy atom. The first kappa shape index (κ1) is 14.1. The van der Waals surface area contributed by atoms with E-state index in [1.807, 2.05) is 6.20 Å². The van der Waals surface area contributed by atoms with Crippen LogP contribution < -0.4 is 10.6 Å². The molecule has 0 bridgehead atoms. The molecule has 2 aromatic rings. The smallest absolute Gasteiger partial charge is 0.0587 e. The van der Waals surface area contributed by atoms with Crippen molar-refractivity contribution in [2.24, 2.45) is 0 Å². The molecule has 104 valence electrons. The van der Waals surface area contributed by atoms with Gasteiger partial charge in [0.15, 0.2) is 0 Å². The monoisotopic (exact) mass is 261 g/mol. The summed E-state index contributed by atoms with van der Waals surface area (Å²) in [6.07, 6.45) is 1.98. The number of nitrogens with one attached hydrogen (secondary N) is 3. The Hall–Kier alpha value is -1.36. The summed E-state index contributed by atoms with van der Waals surface area (Å²) >= 11 is 0. The number of H-pyrrole nitrogens is 1. The van der Waals surface area contributed by atoms with Crippen LogP contribution >= 0.6 is 0 Å². The zero-order valence-corrected chi connectivity index (χ0v) is 11.7. The third-order valence-electron chi connectivity index (χ3n) is 3.21. The van der Waals surface area contributed by atoms with Gasteiger partial charge in [-0.05, 0) is 36.1 Å². The first-order chi connectivity index (χ1) is 9.29. The maximum absolute atomic E-state index is 5.00. The molecule has 19 heavy (non-hydrogen) atoms. The molecule has 0 aliphatic rings. The molecule has 1 heterocycles. The van der Waals surface area contributed by atoms with Crippen LogP contribution in [0.3, 0.4) is 0 Å². The lowest BCUT2D eigenvalue weighted by Gasteiger charge is -2.14. The fourth-order valence-corrected chi connectivity index (χ4v) is 2.07. The number of hydrogen-bond donors (Lipinski definition) is 3. The highest BCUT2D eigenvalue weighted by Crippen LogP contribution is 2.14. The lowest BCUT2D eigenvalue weighted by atomic mass is 10.1. The molecular weight excluding hydrogens is 238 g/mol. The van der Waals surface area contributed by atoms with E-state index in [4.69, 9.17) is 4.74 Å². The van der Waals surface area contributed by atoms with Crippen molar-refractivity contribution in [1.29, 1.82) is 0 Å². The van der Waals surface area contributed by atoms with Gasteiger partial charge in [0.1, 0.15) is 0 Å². The largest absolute Gasteiger partial charge is 0.383 e. The van der Waals surface area contributed by atoms with Crippen LogP contribution in [0.1, 0.15) is 12.5 Å². The quantitative estimate of drug-likeness (QED) is 0.636. The Balaban J connectivity index is 1.74. The topological polar surface area (TPSA) is 49.1 Å². The van der Waals surface area contributed by atoms with Gasteiger partial charge in [-0.15, -0.1) is 0 Å². The minimum absolute atomic E-state index is 0.443. The fourth-order valence-electron chi connectivity index (χ4n) is 2.07. The van der Waals surface area contributed by atoms with Crippen molar-refractivity contribution in [3.8, 4) is 0 Å². The van der Waals surface area contributed by atoms with E-state index in [0.29, 0.717) is 6.04 Å². The summed E-state index contributed by atoms with van der Waals surface area (Å²) in [5, 5.41) is 8.14. The van der Waals surface area contributed by atoms with Crippen LogP contribution in [0.2, 0.25) is 0 Å². The summed E-state index contributed by atoms with van der Waals surface area (Å²) in [7, 11) is 1.72. The van der Waals surface area contributed by atoms with E-state index in [2.05, 4.69) is 46.8 Å². The Morgan fingerprint density at radius 1 is 1.32 bits per heavy atom. The molecule has 0 aliphatic heterocycles. The number of aromatic amines is 1. The van der Waals surface area contributed by atoms with Crippen LogP contribution in [-0.4, -0.2) is 37.8 Å². The zero-order valence-electron chi connectivity index (χ0n) is 11.7. The molecule has 2 rings (SSSR count). The van der Waals surface area contributed by atoms with Gasteiger partial charge in [0.25, 0.3) is 0 Å². The second-order valence-electron chi connectivity index (χ2n) is 4.88. The molecule has 0 saturated heterocycles. The van der Waals surface area contributed by atoms with Crippen LogP contribution in [0.15, 0.2) is 30.5 Å².